The first-order valence-corrected chi connectivity index (χ1v) is 4.45. The molecule has 1 N–H and O–H groups in total. The average molecular weight is 297 g/mol. The van der Waals surface area contributed by atoms with Gasteiger partial charge in [0.25, 0.3) is 0 Å². The van der Waals surface area contributed by atoms with E-state index >= 15 is 0 Å². The summed E-state index contributed by atoms with van der Waals surface area (Å²) in [6.45, 7) is 7.25. The third kappa shape index (κ3) is 22.7. The fraction of sp³-hybridized carbons (Fsp3) is 0.700. The number of rotatable bonds is 5. The molecule has 0 bridgehead atoms. The molecule has 0 aromatic heterocycles. The van der Waals surface area contributed by atoms with Crippen LogP contribution in [0.1, 0.15) is 33.6 Å². The zero-order chi connectivity index (χ0) is 9.82. The monoisotopic (exact) mass is 296 g/mol. The Morgan fingerprint density at radius 1 is 1.36 bits per heavy atom. The van der Waals surface area contributed by atoms with Crippen molar-refractivity contribution in [1.82, 2.24) is 5.32 Å². The van der Waals surface area contributed by atoms with Crippen LogP contribution < -0.4 is 5.32 Å². The van der Waals surface area contributed by atoms with E-state index in [-0.39, 0.29) is 35.7 Å². The van der Waals surface area contributed by atoms with Crippen LogP contribution in [0.25, 0.3) is 0 Å². The van der Waals surface area contributed by atoms with Crippen LogP contribution in [0.3, 0.4) is 0 Å². The Morgan fingerprint density at radius 3 is 2.21 bits per heavy atom. The van der Waals surface area contributed by atoms with Gasteiger partial charge >= 0.3 is 0 Å². The van der Waals surface area contributed by atoms with Crippen molar-refractivity contribution in [2.24, 2.45) is 0 Å². The van der Waals surface area contributed by atoms with E-state index in [1.807, 2.05) is 20.8 Å². The molecule has 4 heteroatoms. The molecule has 0 rings (SSSR count). The van der Waals surface area contributed by atoms with Crippen LogP contribution in [0.5, 0.6) is 0 Å². The molecule has 3 nitrogen and oxygen atoms in total. The summed E-state index contributed by atoms with van der Waals surface area (Å²) in [5, 5.41) is 2.27. The molecule has 0 saturated carbocycles. The van der Waals surface area contributed by atoms with E-state index in [2.05, 4.69) is 12.4 Å². The molecule has 14 heavy (non-hydrogen) atoms. The number of amides is 1. The van der Waals surface area contributed by atoms with Crippen LogP contribution in [0, 0.1) is 14.5 Å². The van der Waals surface area contributed by atoms with Crippen molar-refractivity contribution in [3.8, 4) is 0 Å². The molecule has 0 aliphatic heterocycles. The predicted octanol–water partition coefficient (Wildman–Crippen LogP) is 2.18. The molecular formula is C10H23AgNO2-2. The van der Waals surface area contributed by atoms with Gasteiger partial charge in [0.1, 0.15) is 0 Å². The van der Waals surface area contributed by atoms with Gasteiger partial charge in [-0.15, -0.1) is 0 Å². The minimum atomic E-state index is -0.0731. The van der Waals surface area contributed by atoms with E-state index in [0.717, 1.165) is 13.0 Å². The maximum Gasteiger partial charge on any atom is 0.193 e. The topological polar surface area (TPSA) is 38.3 Å². The van der Waals surface area contributed by atoms with Crippen molar-refractivity contribution in [3.05, 3.63) is 14.5 Å². The molecule has 0 saturated heterocycles. The van der Waals surface area contributed by atoms with E-state index in [1.165, 1.54) is 0 Å². The van der Waals surface area contributed by atoms with E-state index in [0.29, 0.717) is 13.0 Å². The Kier molecular flexibility index (Phi) is 39.4. The molecule has 0 fully saturated rings. The molecule has 1 amide bonds. The Balaban J connectivity index is -0.000000117. The molecule has 0 aliphatic rings. The number of hydrogen-bond acceptors (Lipinski definition) is 2. The number of hydrogen-bond donors (Lipinski definition) is 1. The van der Waals surface area contributed by atoms with Gasteiger partial charge < -0.3 is 17.5 Å². The minimum Gasteiger partial charge on any atom is -0.508 e. The first kappa shape index (κ1) is 23.8. The fourth-order valence-electron chi connectivity index (χ4n) is 0.500. The van der Waals surface area contributed by atoms with Crippen molar-refractivity contribution in [2.75, 3.05) is 13.2 Å². The molecule has 0 aromatic rings. The van der Waals surface area contributed by atoms with Crippen molar-refractivity contribution in [1.29, 1.82) is 0 Å². The second-order valence-corrected chi connectivity index (χ2v) is 1.96. The van der Waals surface area contributed by atoms with Gasteiger partial charge in [0, 0.05) is 35.4 Å². The van der Waals surface area contributed by atoms with Crippen LogP contribution in [0.4, 0.5) is 0 Å². The van der Waals surface area contributed by atoms with Gasteiger partial charge in [0.2, 0.25) is 0 Å². The van der Waals surface area contributed by atoms with Crippen LogP contribution >= 0.6 is 0 Å². The van der Waals surface area contributed by atoms with Crippen molar-refractivity contribution in [3.63, 3.8) is 0 Å². The van der Waals surface area contributed by atoms with Crippen LogP contribution in [0.15, 0.2) is 0 Å². The summed E-state index contributed by atoms with van der Waals surface area (Å²) in [7, 11) is 3.23. The molecule has 0 atom stereocenters. The molecule has 0 spiro atoms. The zero-order valence-electron chi connectivity index (χ0n) is 9.65. The van der Waals surface area contributed by atoms with Gasteiger partial charge in [-0.05, 0) is 6.42 Å². The Morgan fingerprint density at radius 2 is 1.86 bits per heavy atom. The summed E-state index contributed by atoms with van der Waals surface area (Å²) >= 11 is 0. The quantitative estimate of drug-likeness (QED) is 0.480. The molecule has 0 aliphatic carbocycles. The zero-order valence-corrected chi connectivity index (χ0v) is 11.1. The predicted molar refractivity (Wildman–Crippen MR) is 57.0 cm³/mol. The third-order valence-corrected chi connectivity index (χ3v) is 1.02. The third-order valence-electron chi connectivity index (χ3n) is 1.02. The first-order valence-electron chi connectivity index (χ1n) is 4.45. The molecule has 0 heterocycles. The summed E-state index contributed by atoms with van der Waals surface area (Å²) < 4.78 is 5.07. The van der Waals surface area contributed by atoms with Crippen LogP contribution in [-0.4, -0.2) is 19.1 Å². The average Bonchev–Trinajstić information content (AvgIpc) is 2.15. The van der Waals surface area contributed by atoms with Crippen molar-refractivity contribution < 1.29 is 31.9 Å². The second-order valence-electron chi connectivity index (χ2n) is 1.96. The standard InChI is InChI=1S/C7H14NO2.C2H6.CH3.Ag/c1-3-5-10-6-4-7(9)8-2;1-2;;/h2-6H2,1H3,(H,8,9);1-2H3;1H3;/q-1;;-1;. The molecular weight excluding hydrogens is 274 g/mol. The van der Waals surface area contributed by atoms with Crippen molar-refractivity contribution in [2.45, 2.75) is 33.6 Å². The Labute approximate surface area is 104 Å². The van der Waals surface area contributed by atoms with E-state index in [1.54, 1.807) is 0 Å². The summed E-state index contributed by atoms with van der Waals surface area (Å²) in [6, 6.07) is 0. The molecule has 1 radical (unpaired) electrons. The molecule has 0 unspecified atom stereocenters. The first-order chi connectivity index (χ1) is 5.81. The van der Waals surface area contributed by atoms with Crippen molar-refractivity contribution >= 4 is 5.91 Å². The van der Waals surface area contributed by atoms with Gasteiger partial charge in [0.15, 0.2) is 5.91 Å². The number of carbonyl (C=O) groups is 1. The van der Waals surface area contributed by atoms with E-state index in [4.69, 9.17) is 4.74 Å². The number of nitrogens with one attached hydrogen (secondary N) is 1. The fourth-order valence-corrected chi connectivity index (χ4v) is 0.500. The minimum absolute atomic E-state index is 0. The Bertz CT molecular complexity index is 100. The summed E-state index contributed by atoms with van der Waals surface area (Å²) in [6.07, 6.45) is 1.40. The maximum absolute atomic E-state index is 10.5. The van der Waals surface area contributed by atoms with Crippen LogP contribution in [0.2, 0.25) is 0 Å². The summed E-state index contributed by atoms with van der Waals surface area (Å²) in [5.41, 5.74) is 0. The van der Waals surface area contributed by atoms with E-state index in [9.17, 15) is 4.79 Å². The number of carbonyl (C=O) groups excluding carboxylic acids is 1. The largest absolute Gasteiger partial charge is 0.508 e. The summed E-state index contributed by atoms with van der Waals surface area (Å²) in [4.78, 5) is 10.5. The normalized spacial score (nSPS) is 7.14. The van der Waals surface area contributed by atoms with Gasteiger partial charge in [-0.25, -0.2) is 0 Å². The smallest absolute Gasteiger partial charge is 0.193 e. The van der Waals surface area contributed by atoms with E-state index < -0.39 is 0 Å². The van der Waals surface area contributed by atoms with Crippen LogP contribution in [-0.2, 0) is 31.9 Å². The second kappa shape index (κ2) is 23.2. The van der Waals surface area contributed by atoms with Gasteiger partial charge in [-0.2, -0.15) is 0 Å². The number of ether oxygens (including phenoxy) is 1. The molecule has 0 aromatic carbocycles. The summed E-state index contributed by atoms with van der Waals surface area (Å²) in [5.74, 6) is -0.0731. The van der Waals surface area contributed by atoms with Gasteiger partial charge in [0.05, 0.1) is 6.61 Å². The van der Waals surface area contributed by atoms with Gasteiger partial charge in [-0.3, -0.25) is 11.8 Å². The SMILES string of the molecule is CC.[Ag].[CH2-]NC(=O)CCOCCC.[CH3-]. The van der Waals surface area contributed by atoms with Gasteiger partial charge in [-0.1, -0.05) is 20.8 Å². The Hall–Kier alpha value is 0.170. The maximum atomic E-state index is 10.5. The molecule has 93 valence electrons.